The number of ether oxygens (including phenoxy) is 1. The summed E-state index contributed by atoms with van der Waals surface area (Å²) in [6, 6.07) is 17.9. The van der Waals surface area contributed by atoms with Gasteiger partial charge in [0, 0.05) is 12.1 Å². The van der Waals surface area contributed by atoms with Crippen LogP contribution in [0.1, 0.15) is 35.9 Å². The summed E-state index contributed by atoms with van der Waals surface area (Å²) in [5, 5.41) is 0. The molecule has 1 saturated heterocycles. The lowest BCUT2D eigenvalue weighted by Crippen LogP contribution is -2.32. The van der Waals surface area contributed by atoms with Crippen molar-refractivity contribution < 1.29 is 13.9 Å². The average molecular weight is 376 g/mol. The smallest absolute Gasteiger partial charge is 0.229 e. The molecule has 0 unspecified atom stereocenters. The first-order valence-electron chi connectivity index (χ1n) is 9.61. The molecule has 1 fully saturated rings. The van der Waals surface area contributed by atoms with E-state index in [0.717, 1.165) is 36.3 Å². The van der Waals surface area contributed by atoms with E-state index in [9.17, 15) is 4.79 Å². The molecule has 1 atom stereocenters. The molecule has 4 rings (SSSR count). The third-order valence-corrected chi connectivity index (χ3v) is 5.31. The molecule has 1 aromatic heterocycles. The SMILES string of the molecule is COc1ccc([C@@H]2CCCN2C(=O)Cc2nc(-c3ccccc3)oc2C)cc1. The van der Waals surface area contributed by atoms with Crippen molar-refractivity contribution in [2.75, 3.05) is 13.7 Å². The zero-order valence-electron chi connectivity index (χ0n) is 16.2. The number of benzene rings is 2. The maximum atomic E-state index is 13.0. The van der Waals surface area contributed by atoms with Crippen LogP contribution in [0, 0.1) is 6.92 Å². The minimum Gasteiger partial charge on any atom is -0.497 e. The number of likely N-dealkylation sites (tertiary alicyclic amines) is 1. The molecule has 0 N–H and O–H groups in total. The predicted molar refractivity (Wildman–Crippen MR) is 107 cm³/mol. The van der Waals surface area contributed by atoms with Crippen molar-refractivity contribution in [1.82, 2.24) is 9.88 Å². The van der Waals surface area contributed by atoms with E-state index in [-0.39, 0.29) is 18.4 Å². The van der Waals surface area contributed by atoms with Crippen LogP contribution in [0.15, 0.2) is 59.0 Å². The van der Waals surface area contributed by atoms with Gasteiger partial charge in [0.2, 0.25) is 11.8 Å². The minimum atomic E-state index is 0.0920. The molecule has 0 aliphatic carbocycles. The van der Waals surface area contributed by atoms with Crippen LogP contribution >= 0.6 is 0 Å². The van der Waals surface area contributed by atoms with Crippen LogP contribution in [0.5, 0.6) is 5.75 Å². The van der Waals surface area contributed by atoms with Crippen LogP contribution in [0.2, 0.25) is 0 Å². The van der Waals surface area contributed by atoms with Crippen LogP contribution < -0.4 is 4.74 Å². The Morgan fingerprint density at radius 3 is 2.64 bits per heavy atom. The van der Waals surface area contributed by atoms with Gasteiger partial charge in [0.05, 0.1) is 25.3 Å². The lowest BCUT2D eigenvalue weighted by molar-refractivity contribution is -0.131. The molecule has 1 amide bonds. The fraction of sp³-hybridized carbons (Fsp3) is 0.304. The summed E-state index contributed by atoms with van der Waals surface area (Å²) in [6.07, 6.45) is 2.25. The number of aryl methyl sites for hydroxylation is 1. The number of rotatable bonds is 5. The first-order valence-corrected chi connectivity index (χ1v) is 9.61. The molecule has 144 valence electrons. The molecule has 0 radical (unpaired) electrons. The number of carbonyl (C=O) groups is 1. The van der Waals surface area contributed by atoms with Crippen molar-refractivity contribution in [3.8, 4) is 17.2 Å². The predicted octanol–water partition coefficient (Wildman–Crippen LogP) is 4.56. The summed E-state index contributed by atoms with van der Waals surface area (Å²) < 4.78 is 11.0. The monoisotopic (exact) mass is 376 g/mol. The Morgan fingerprint density at radius 1 is 1.18 bits per heavy atom. The lowest BCUT2D eigenvalue weighted by Gasteiger charge is -2.25. The first-order chi connectivity index (χ1) is 13.7. The molecule has 2 heterocycles. The van der Waals surface area contributed by atoms with Gasteiger partial charge in [-0.1, -0.05) is 30.3 Å². The average Bonchev–Trinajstić information content (AvgIpc) is 3.36. The Morgan fingerprint density at radius 2 is 1.93 bits per heavy atom. The number of nitrogens with zero attached hydrogens (tertiary/aromatic N) is 2. The van der Waals surface area contributed by atoms with Crippen LogP contribution in [0.4, 0.5) is 0 Å². The number of oxazole rings is 1. The van der Waals surface area contributed by atoms with E-state index in [4.69, 9.17) is 9.15 Å². The number of carbonyl (C=O) groups excluding carboxylic acids is 1. The zero-order chi connectivity index (χ0) is 19.5. The van der Waals surface area contributed by atoms with E-state index in [1.165, 1.54) is 0 Å². The standard InChI is InChI=1S/C23H24N2O3/c1-16-20(24-23(28-16)18-7-4-3-5-8-18)15-22(26)25-14-6-9-21(25)17-10-12-19(27-2)13-11-17/h3-5,7-8,10-13,21H,6,9,14-15H2,1-2H3/t21-/m0/s1. The number of aromatic nitrogens is 1. The van der Waals surface area contributed by atoms with Gasteiger partial charge < -0.3 is 14.1 Å². The molecular formula is C23H24N2O3. The number of hydrogen-bond acceptors (Lipinski definition) is 4. The summed E-state index contributed by atoms with van der Waals surface area (Å²) in [4.78, 5) is 19.6. The summed E-state index contributed by atoms with van der Waals surface area (Å²) in [7, 11) is 1.66. The summed E-state index contributed by atoms with van der Waals surface area (Å²) in [5.74, 6) is 2.18. The molecule has 0 saturated carbocycles. The Hall–Kier alpha value is -3.08. The number of methoxy groups -OCH3 is 1. The quantitative estimate of drug-likeness (QED) is 0.655. The Kier molecular flexibility index (Phi) is 5.15. The van der Waals surface area contributed by atoms with Gasteiger partial charge in [-0.05, 0) is 49.6 Å². The van der Waals surface area contributed by atoms with Crippen molar-refractivity contribution >= 4 is 5.91 Å². The van der Waals surface area contributed by atoms with E-state index in [1.54, 1.807) is 7.11 Å². The third-order valence-electron chi connectivity index (χ3n) is 5.31. The maximum Gasteiger partial charge on any atom is 0.229 e. The molecule has 0 spiro atoms. The Balaban J connectivity index is 1.50. The minimum absolute atomic E-state index is 0.0920. The van der Waals surface area contributed by atoms with Crippen LogP contribution in [0.3, 0.4) is 0 Å². The largest absolute Gasteiger partial charge is 0.497 e. The van der Waals surface area contributed by atoms with E-state index < -0.39 is 0 Å². The first kappa shape index (κ1) is 18.3. The van der Waals surface area contributed by atoms with Gasteiger partial charge in [-0.3, -0.25) is 4.79 Å². The molecule has 0 bridgehead atoms. The fourth-order valence-electron chi connectivity index (χ4n) is 3.78. The normalized spacial score (nSPS) is 16.4. The van der Waals surface area contributed by atoms with Gasteiger partial charge in [0.15, 0.2) is 0 Å². The van der Waals surface area contributed by atoms with Crippen LogP contribution in [-0.4, -0.2) is 29.4 Å². The molecule has 2 aromatic carbocycles. The van der Waals surface area contributed by atoms with Gasteiger partial charge >= 0.3 is 0 Å². The molecule has 3 aromatic rings. The van der Waals surface area contributed by atoms with Crippen molar-refractivity contribution in [3.05, 3.63) is 71.6 Å². The zero-order valence-corrected chi connectivity index (χ0v) is 16.2. The molecule has 28 heavy (non-hydrogen) atoms. The van der Waals surface area contributed by atoms with Crippen molar-refractivity contribution in [1.29, 1.82) is 0 Å². The second-order valence-electron chi connectivity index (χ2n) is 7.08. The van der Waals surface area contributed by atoms with Crippen molar-refractivity contribution in [2.24, 2.45) is 0 Å². The number of hydrogen-bond donors (Lipinski definition) is 0. The highest BCUT2D eigenvalue weighted by Gasteiger charge is 2.30. The summed E-state index contributed by atoms with van der Waals surface area (Å²) in [6.45, 7) is 2.64. The topological polar surface area (TPSA) is 55.6 Å². The fourth-order valence-corrected chi connectivity index (χ4v) is 3.78. The van der Waals surface area contributed by atoms with E-state index in [1.807, 2.05) is 66.4 Å². The maximum absolute atomic E-state index is 13.0. The Labute approximate surface area is 165 Å². The van der Waals surface area contributed by atoms with Gasteiger partial charge in [-0.2, -0.15) is 0 Å². The highest BCUT2D eigenvalue weighted by molar-refractivity contribution is 5.79. The highest BCUT2D eigenvalue weighted by Crippen LogP contribution is 2.33. The lowest BCUT2D eigenvalue weighted by atomic mass is 10.0. The van der Waals surface area contributed by atoms with E-state index in [2.05, 4.69) is 4.98 Å². The van der Waals surface area contributed by atoms with Gasteiger partial charge in [0.25, 0.3) is 0 Å². The molecule has 5 nitrogen and oxygen atoms in total. The van der Waals surface area contributed by atoms with Gasteiger partial charge in [0.1, 0.15) is 11.5 Å². The summed E-state index contributed by atoms with van der Waals surface area (Å²) in [5.41, 5.74) is 2.78. The Bertz CT molecular complexity index is 948. The third kappa shape index (κ3) is 3.65. The molecule has 5 heteroatoms. The highest BCUT2D eigenvalue weighted by atomic mass is 16.5. The van der Waals surface area contributed by atoms with Crippen LogP contribution in [-0.2, 0) is 11.2 Å². The summed E-state index contributed by atoms with van der Waals surface area (Å²) >= 11 is 0. The van der Waals surface area contributed by atoms with E-state index >= 15 is 0 Å². The second kappa shape index (κ2) is 7.89. The molecule has 1 aliphatic heterocycles. The van der Waals surface area contributed by atoms with Crippen molar-refractivity contribution in [2.45, 2.75) is 32.2 Å². The van der Waals surface area contributed by atoms with Gasteiger partial charge in [-0.15, -0.1) is 0 Å². The molecule has 1 aliphatic rings. The van der Waals surface area contributed by atoms with Crippen molar-refractivity contribution in [3.63, 3.8) is 0 Å². The number of amides is 1. The van der Waals surface area contributed by atoms with Crippen LogP contribution in [0.25, 0.3) is 11.5 Å². The van der Waals surface area contributed by atoms with E-state index in [0.29, 0.717) is 17.3 Å². The second-order valence-corrected chi connectivity index (χ2v) is 7.08. The van der Waals surface area contributed by atoms with Gasteiger partial charge in [-0.25, -0.2) is 4.98 Å². The molecular weight excluding hydrogens is 352 g/mol.